The van der Waals surface area contributed by atoms with Crippen LogP contribution in [-0.2, 0) is 13.0 Å². The van der Waals surface area contributed by atoms with Crippen LogP contribution >= 0.6 is 22.6 Å². The Morgan fingerprint density at radius 1 is 1.24 bits per heavy atom. The van der Waals surface area contributed by atoms with Gasteiger partial charge in [0.25, 0.3) is 0 Å². The van der Waals surface area contributed by atoms with Crippen LogP contribution in [0, 0.1) is 17.4 Å². The summed E-state index contributed by atoms with van der Waals surface area (Å²) in [6, 6.07) is 5.64. The van der Waals surface area contributed by atoms with E-state index in [-0.39, 0.29) is 5.89 Å². The molecule has 0 aliphatic rings. The molecule has 29 heavy (non-hydrogen) atoms. The quantitative estimate of drug-likeness (QED) is 0.464. The summed E-state index contributed by atoms with van der Waals surface area (Å²) in [5.74, 6) is 1.24. The second-order valence-corrected chi connectivity index (χ2v) is 7.43. The largest absolute Gasteiger partial charge is 0.493 e. The molecule has 0 saturated carbocycles. The van der Waals surface area contributed by atoms with Gasteiger partial charge in [0.05, 0.1) is 23.5 Å². The lowest BCUT2D eigenvalue weighted by Crippen LogP contribution is -2.26. The highest BCUT2D eigenvalue weighted by atomic mass is 127. The van der Waals surface area contributed by atoms with Crippen molar-refractivity contribution < 1.29 is 18.8 Å². The lowest BCUT2D eigenvalue weighted by atomic mass is 10.1. The maximum atomic E-state index is 12.3. The molecule has 0 spiro atoms. The summed E-state index contributed by atoms with van der Waals surface area (Å²) in [6.45, 7) is 4.68. The van der Waals surface area contributed by atoms with Crippen LogP contribution in [0.25, 0.3) is 0 Å². The Morgan fingerprint density at radius 3 is 2.66 bits per heavy atom. The molecule has 154 valence electrons. The molecule has 0 atom stereocenters. The number of carbonyl (C=O) groups excluding carboxylic acids is 1. The predicted octanol–water partition coefficient (Wildman–Crippen LogP) is 2.53. The Morgan fingerprint density at radius 2 is 2.00 bits per heavy atom. The SMILES string of the molecule is COc1ccc(CCNC(=O)c2nc(Cn3nc(C)c(I)c3C)no2)cc1OC. The van der Waals surface area contributed by atoms with Crippen LogP contribution in [0.1, 0.15) is 33.5 Å². The van der Waals surface area contributed by atoms with Gasteiger partial charge in [0.15, 0.2) is 17.3 Å². The van der Waals surface area contributed by atoms with Crippen molar-refractivity contribution in [1.82, 2.24) is 25.2 Å². The van der Waals surface area contributed by atoms with Gasteiger partial charge in [0.2, 0.25) is 0 Å². The first-order chi connectivity index (χ1) is 13.9. The van der Waals surface area contributed by atoms with Crippen LogP contribution in [0.3, 0.4) is 0 Å². The molecule has 2 aromatic heterocycles. The van der Waals surface area contributed by atoms with Gasteiger partial charge in [-0.1, -0.05) is 11.2 Å². The zero-order chi connectivity index (χ0) is 21.0. The van der Waals surface area contributed by atoms with Crippen molar-refractivity contribution in [3.8, 4) is 11.5 Å². The minimum absolute atomic E-state index is 0.0662. The topological polar surface area (TPSA) is 104 Å². The second kappa shape index (κ2) is 9.25. The molecule has 0 unspecified atom stereocenters. The number of benzene rings is 1. The van der Waals surface area contributed by atoms with E-state index in [1.807, 2.05) is 32.0 Å². The van der Waals surface area contributed by atoms with E-state index in [0.717, 1.165) is 20.5 Å². The molecule has 3 aromatic rings. The molecule has 10 heteroatoms. The predicted molar refractivity (Wildman–Crippen MR) is 113 cm³/mol. The maximum Gasteiger partial charge on any atom is 0.316 e. The van der Waals surface area contributed by atoms with Crippen LogP contribution in [0.2, 0.25) is 0 Å². The normalized spacial score (nSPS) is 10.8. The number of nitrogens with zero attached hydrogens (tertiary/aromatic N) is 4. The lowest BCUT2D eigenvalue weighted by Gasteiger charge is -2.09. The van der Waals surface area contributed by atoms with E-state index in [1.165, 1.54) is 0 Å². The number of aryl methyl sites for hydroxylation is 1. The van der Waals surface area contributed by atoms with Crippen molar-refractivity contribution in [1.29, 1.82) is 0 Å². The molecular formula is C19H22IN5O4. The third kappa shape index (κ3) is 4.86. The number of hydrogen-bond acceptors (Lipinski definition) is 7. The smallest absolute Gasteiger partial charge is 0.316 e. The van der Waals surface area contributed by atoms with Gasteiger partial charge in [0.1, 0.15) is 6.54 Å². The number of methoxy groups -OCH3 is 2. The molecule has 0 fully saturated rings. The Bertz CT molecular complexity index is 1010. The Balaban J connectivity index is 1.56. The van der Waals surface area contributed by atoms with Gasteiger partial charge in [-0.2, -0.15) is 10.1 Å². The second-order valence-electron chi connectivity index (χ2n) is 6.35. The molecule has 0 aliphatic heterocycles. The van der Waals surface area contributed by atoms with Gasteiger partial charge in [-0.3, -0.25) is 9.48 Å². The van der Waals surface area contributed by atoms with Gasteiger partial charge >= 0.3 is 11.8 Å². The summed E-state index contributed by atoms with van der Waals surface area (Å²) in [5.41, 5.74) is 2.97. The van der Waals surface area contributed by atoms with Crippen molar-refractivity contribution in [2.45, 2.75) is 26.8 Å². The molecule has 0 saturated heterocycles. The number of hydrogen-bond donors (Lipinski definition) is 1. The maximum absolute atomic E-state index is 12.3. The molecule has 1 amide bonds. The van der Waals surface area contributed by atoms with Crippen molar-refractivity contribution in [2.75, 3.05) is 20.8 Å². The van der Waals surface area contributed by atoms with Crippen LogP contribution in [0.4, 0.5) is 0 Å². The van der Waals surface area contributed by atoms with Gasteiger partial charge < -0.3 is 19.3 Å². The number of rotatable bonds is 8. The van der Waals surface area contributed by atoms with Gasteiger partial charge in [-0.25, -0.2) is 0 Å². The average Bonchev–Trinajstić information content (AvgIpc) is 3.28. The van der Waals surface area contributed by atoms with Gasteiger partial charge in [-0.05, 0) is 60.6 Å². The fraction of sp³-hybridized carbons (Fsp3) is 0.368. The molecule has 0 radical (unpaired) electrons. The summed E-state index contributed by atoms with van der Waals surface area (Å²) >= 11 is 2.25. The number of nitrogens with one attached hydrogen (secondary N) is 1. The van der Waals surface area contributed by atoms with Crippen molar-refractivity contribution in [3.63, 3.8) is 0 Å². The molecule has 3 rings (SSSR count). The average molecular weight is 511 g/mol. The highest BCUT2D eigenvalue weighted by molar-refractivity contribution is 14.1. The van der Waals surface area contributed by atoms with Gasteiger partial charge in [-0.15, -0.1) is 0 Å². The third-order valence-corrected chi connectivity index (χ3v) is 5.96. The number of amides is 1. The van der Waals surface area contributed by atoms with E-state index < -0.39 is 5.91 Å². The third-order valence-electron chi connectivity index (χ3n) is 4.39. The molecular weight excluding hydrogens is 489 g/mol. The first-order valence-electron chi connectivity index (χ1n) is 8.94. The fourth-order valence-electron chi connectivity index (χ4n) is 2.81. The molecule has 1 aromatic carbocycles. The first-order valence-corrected chi connectivity index (χ1v) is 10.0. The van der Waals surface area contributed by atoms with Crippen LogP contribution < -0.4 is 14.8 Å². The Kier molecular flexibility index (Phi) is 6.72. The molecule has 1 N–H and O–H groups in total. The van der Waals surface area contributed by atoms with E-state index in [2.05, 4.69) is 43.1 Å². The summed E-state index contributed by atoms with van der Waals surface area (Å²) < 4.78 is 18.5. The highest BCUT2D eigenvalue weighted by Gasteiger charge is 2.17. The van der Waals surface area contributed by atoms with Gasteiger partial charge in [0, 0.05) is 12.2 Å². The fourth-order valence-corrected chi connectivity index (χ4v) is 3.19. The molecule has 2 heterocycles. The molecule has 9 nitrogen and oxygen atoms in total. The lowest BCUT2D eigenvalue weighted by molar-refractivity contribution is 0.0910. The van der Waals surface area contributed by atoms with E-state index in [0.29, 0.717) is 36.8 Å². The van der Waals surface area contributed by atoms with Crippen molar-refractivity contribution >= 4 is 28.5 Å². The monoisotopic (exact) mass is 511 g/mol. The number of carbonyl (C=O) groups is 1. The summed E-state index contributed by atoms with van der Waals surface area (Å²) in [6.07, 6.45) is 0.622. The van der Waals surface area contributed by atoms with E-state index in [4.69, 9.17) is 14.0 Å². The molecule has 0 bridgehead atoms. The van der Waals surface area contributed by atoms with Crippen LogP contribution in [0.5, 0.6) is 11.5 Å². The van der Waals surface area contributed by atoms with E-state index >= 15 is 0 Å². The summed E-state index contributed by atoms with van der Waals surface area (Å²) in [4.78, 5) is 16.4. The zero-order valence-corrected chi connectivity index (χ0v) is 18.8. The first kappa shape index (κ1) is 21.1. The standard InChI is InChI=1S/C19H22IN5O4/c1-11-17(20)12(2)25(23-11)10-16-22-19(29-24-16)18(26)21-8-7-13-5-6-14(27-3)15(9-13)28-4/h5-6,9H,7-8,10H2,1-4H3,(H,21,26). The van der Waals surface area contributed by atoms with E-state index in [1.54, 1.807) is 18.9 Å². The van der Waals surface area contributed by atoms with Crippen LogP contribution in [-0.4, -0.2) is 46.6 Å². The van der Waals surface area contributed by atoms with Crippen molar-refractivity contribution in [2.24, 2.45) is 0 Å². The number of ether oxygens (including phenoxy) is 2. The summed E-state index contributed by atoms with van der Waals surface area (Å²) in [5, 5.41) is 11.1. The summed E-state index contributed by atoms with van der Waals surface area (Å²) in [7, 11) is 3.18. The highest BCUT2D eigenvalue weighted by Crippen LogP contribution is 2.27. The minimum Gasteiger partial charge on any atom is -0.493 e. The molecule has 0 aliphatic carbocycles. The van der Waals surface area contributed by atoms with E-state index in [9.17, 15) is 4.79 Å². The van der Waals surface area contributed by atoms with Crippen molar-refractivity contribution in [3.05, 3.63) is 50.4 Å². The number of halogens is 1. The zero-order valence-electron chi connectivity index (χ0n) is 16.7. The Hall–Kier alpha value is -2.63. The number of aromatic nitrogens is 4. The minimum atomic E-state index is -0.410. The Labute approximate surface area is 181 Å². The van der Waals surface area contributed by atoms with Crippen LogP contribution in [0.15, 0.2) is 22.7 Å².